The van der Waals surface area contributed by atoms with Gasteiger partial charge in [0.15, 0.2) is 9.84 Å². The quantitative estimate of drug-likeness (QED) is 0.694. The minimum atomic E-state index is -2.84. The van der Waals surface area contributed by atoms with E-state index in [-0.39, 0.29) is 0 Å². The summed E-state index contributed by atoms with van der Waals surface area (Å²) in [5.41, 5.74) is 0. The third-order valence-electron chi connectivity index (χ3n) is 4.09. The van der Waals surface area contributed by atoms with E-state index in [0.717, 1.165) is 38.5 Å². The molecule has 1 unspecified atom stereocenters. The molecule has 0 bridgehead atoms. The predicted molar refractivity (Wildman–Crippen MR) is 79.1 cm³/mol. The molecular formula is C14H28N2O2S. The molecule has 2 rings (SSSR count). The van der Waals surface area contributed by atoms with Gasteiger partial charge in [-0.25, -0.2) is 8.42 Å². The first-order valence-electron chi connectivity index (χ1n) is 7.75. The normalized spacial score (nSPS) is 24.2. The molecule has 1 N–H and O–H groups in total. The van der Waals surface area contributed by atoms with E-state index in [1.54, 1.807) is 0 Å². The molecule has 1 heterocycles. The monoisotopic (exact) mass is 288 g/mol. The summed E-state index contributed by atoms with van der Waals surface area (Å²) in [5.74, 6) is 1.50. The second kappa shape index (κ2) is 7.04. The maximum Gasteiger partial charge on any atom is 0.151 e. The highest BCUT2D eigenvalue weighted by molar-refractivity contribution is 7.91. The van der Waals surface area contributed by atoms with Crippen LogP contribution in [0.25, 0.3) is 0 Å². The third kappa shape index (κ3) is 5.79. The highest BCUT2D eigenvalue weighted by Gasteiger charge is 2.27. The van der Waals surface area contributed by atoms with Crippen LogP contribution < -0.4 is 5.32 Å². The molecule has 112 valence electrons. The van der Waals surface area contributed by atoms with Crippen LogP contribution in [0.4, 0.5) is 0 Å². The van der Waals surface area contributed by atoms with Crippen LogP contribution in [-0.4, -0.2) is 57.0 Å². The second-order valence-electron chi connectivity index (χ2n) is 6.15. The number of sulfone groups is 1. The summed E-state index contributed by atoms with van der Waals surface area (Å²) in [6.45, 7) is 5.90. The predicted octanol–water partition coefficient (Wildman–Crippen LogP) is 1.28. The smallest absolute Gasteiger partial charge is 0.151 e. The summed E-state index contributed by atoms with van der Waals surface area (Å²) in [7, 11) is -2.84. The Bertz CT molecular complexity index is 360. The number of nitrogens with one attached hydrogen (secondary N) is 1. The van der Waals surface area contributed by atoms with Crippen LogP contribution in [0.2, 0.25) is 0 Å². The Hall–Kier alpha value is -0.130. The van der Waals surface area contributed by atoms with Gasteiger partial charge >= 0.3 is 0 Å². The largest absolute Gasteiger partial charge is 0.313 e. The highest BCUT2D eigenvalue weighted by Crippen LogP contribution is 2.29. The number of nitrogens with zero attached hydrogens (tertiary/aromatic N) is 1. The van der Waals surface area contributed by atoms with Gasteiger partial charge in [-0.3, -0.25) is 0 Å². The van der Waals surface area contributed by atoms with E-state index in [2.05, 4.69) is 10.2 Å². The topological polar surface area (TPSA) is 49.4 Å². The minimum Gasteiger partial charge on any atom is -0.313 e. The van der Waals surface area contributed by atoms with Gasteiger partial charge in [0.25, 0.3) is 0 Å². The van der Waals surface area contributed by atoms with Crippen molar-refractivity contribution in [3.63, 3.8) is 0 Å². The average molecular weight is 288 g/mol. The van der Waals surface area contributed by atoms with Crippen molar-refractivity contribution >= 4 is 9.84 Å². The number of hydrogen-bond donors (Lipinski definition) is 1. The molecule has 1 atom stereocenters. The maximum atomic E-state index is 11.8. The molecule has 5 heteroatoms. The molecule has 0 aromatic rings. The summed E-state index contributed by atoms with van der Waals surface area (Å²) in [6, 6.07) is 0.577. The van der Waals surface area contributed by atoms with E-state index in [0.29, 0.717) is 17.5 Å². The lowest BCUT2D eigenvalue weighted by Gasteiger charge is -2.25. The van der Waals surface area contributed by atoms with Crippen molar-refractivity contribution < 1.29 is 8.42 Å². The van der Waals surface area contributed by atoms with Crippen LogP contribution in [0.15, 0.2) is 0 Å². The van der Waals surface area contributed by atoms with Gasteiger partial charge in [0, 0.05) is 31.4 Å². The molecule has 1 saturated heterocycles. The van der Waals surface area contributed by atoms with Crippen LogP contribution >= 0.6 is 0 Å². The van der Waals surface area contributed by atoms with Gasteiger partial charge in [0.1, 0.15) is 0 Å². The fraction of sp³-hybridized carbons (Fsp3) is 1.00. The summed E-state index contributed by atoms with van der Waals surface area (Å²) < 4.78 is 23.7. The molecule has 0 aromatic carbocycles. The van der Waals surface area contributed by atoms with E-state index in [1.807, 2.05) is 6.92 Å². The first-order valence-corrected chi connectivity index (χ1v) is 9.57. The van der Waals surface area contributed by atoms with E-state index < -0.39 is 9.84 Å². The highest BCUT2D eigenvalue weighted by atomic mass is 32.2. The summed E-state index contributed by atoms with van der Waals surface area (Å²) in [4.78, 5) is 2.38. The summed E-state index contributed by atoms with van der Waals surface area (Å²) >= 11 is 0. The van der Waals surface area contributed by atoms with Crippen molar-refractivity contribution in [1.82, 2.24) is 10.2 Å². The van der Waals surface area contributed by atoms with E-state index in [9.17, 15) is 8.42 Å². The lowest BCUT2D eigenvalue weighted by atomic mass is 10.2. The molecule has 4 nitrogen and oxygen atoms in total. The zero-order valence-electron chi connectivity index (χ0n) is 12.1. The Balaban J connectivity index is 1.78. The molecule has 19 heavy (non-hydrogen) atoms. The van der Waals surface area contributed by atoms with Crippen molar-refractivity contribution in [3.05, 3.63) is 0 Å². The standard InChI is InChI=1S/C14H28N2O2S/c1-2-9-19(17,18)10-8-16(11-13-5-6-13)12-14-4-3-7-15-14/h13-15H,2-12H2,1H3. The van der Waals surface area contributed by atoms with Gasteiger partial charge in [-0.05, 0) is 44.6 Å². The molecule has 2 aliphatic rings. The molecular weight excluding hydrogens is 260 g/mol. The van der Waals surface area contributed by atoms with Gasteiger partial charge in [0.2, 0.25) is 0 Å². The van der Waals surface area contributed by atoms with Crippen molar-refractivity contribution in [2.24, 2.45) is 5.92 Å². The van der Waals surface area contributed by atoms with Gasteiger partial charge in [0.05, 0.1) is 5.75 Å². The lowest BCUT2D eigenvalue weighted by molar-refractivity contribution is 0.252. The molecule has 0 radical (unpaired) electrons. The van der Waals surface area contributed by atoms with Gasteiger partial charge in [-0.2, -0.15) is 0 Å². The van der Waals surface area contributed by atoms with Crippen LogP contribution in [-0.2, 0) is 9.84 Å². The van der Waals surface area contributed by atoms with E-state index >= 15 is 0 Å². The Kier molecular flexibility index (Phi) is 5.66. The zero-order valence-corrected chi connectivity index (χ0v) is 12.9. The van der Waals surface area contributed by atoms with Crippen LogP contribution in [0.1, 0.15) is 39.0 Å². The fourth-order valence-corrected chi connectivity index (χ4v) is 4.19. The Morgan fingerprint density at radius 3 is 2.53 bits per heavy atom. The molecule has 0 aromatic heterocycles. The second-order valence-corrected chi connectivity index (χ2v) is 8.45. The average Bonchev–Trinajstić information content (AvgIpc) is 3.01. The summed E-state index contributed by atoms with van der Waals surface area (Å²) in [5, 5.41) is 3.51. The lowest BCUT2D eigenvalue weighted by Crippen LogP contribution is -2.41. The van der Waals surface area contributed by atoms with Crippen LogP contribution in [0.5, 0.6) is 0 Å². The van der Waals surface area contributed by atoms with Gasteiger partial charge in [-0.15, -0.1) is 0 Å². The number of rotatable bonds is 9. The van der Waals surface area contributed by atoms with Crippen molar-refractivity contribution in [2.45, 2.75) is 45.1 Å². The SMILES string of the molecule is CCCS(=O)(=O)CCN(CC1CC1)CC1CCCN1. The minimum absolute atomic E-state index is 0.334. The molecule has 0 spiro atoms. The zero-order chi connectivity index (χ0) is 13.7. The number of hydrogen-bond acceptors (Lipinski definition) is 4. The molecule has 0 amide bonds. The maximum absolute atomic E-state index is 11.8. The molecule has 1 saturated carbocycles. The van der Waals surface area contributed by atoms with Crippen molar-refractivity contribution in [1.29, 1.82) is 0 Å². The molecule has 1 aliphatic heterocycles. The molecule has 1 aliphatic carbocycles. The van der Waals surface area contributed by atoms with Gasteiger partial charge in [-0.1, -0.05) is 6.92 Å². The molecule has 2 fully saturated rings. The summed E-state index contributed by atoms with van der Waals surface area (Å²) in [6.07, 6.45) is 5.89. The first kappa shape index (κ1) is 15.3. The van der Waals surface area contributed by atoms with Crippen molar-refractivity contribution in [3.8, 4) is 0 Å². The van der Waals surface area contributed by atoms with Crippen LogP contribution in [0.3, 0.4) is 0 Å². The Labute approximate surface area is 117 Å². The Morgan fingerprint density at radius 1 is 1.16 bits per heavy atom. The Morgan fingerprint density at radius 2 is 1.95 bits per heavy atom. The van der Waals surface area contributed by atoms with E-state index in [1.165, 1.54) is 25.7 Å². The van der Waals surface area contributed by atoms with Crippen LogP contribution in [0, 0.1) is 5.92 Å². The van der Waals surface area contributed by atoms with Crippen molar-refractivity contribution in [2.75, 3.05) is 37.7 Å². The van der Waals surface area contributed by atoms with Gasteiger partial charge < -0.3 is 10.2 Å². The third-order valence-corrected chi connectivity index (χ3v) is 5.92. The fourth-order valence-electron chi connectivity index (χ4n) is 2.83. The first-order chi connectivity index (χ1) is 9.09. The van der Waals surface area contributed by atoms with E-state index in [4.69, 9.17) is 0 Å².